The largest absolute Gasteiger partial charge is 0.352 e. The summed E-state index contributed by atoms with van der Waals surface area (Å²) in [6, 6.07) is 0.233. The summed E-state index contributed by atoms with van der Waals surface area (Å²) < 4.78 is 4.38. The monoisotopic (exact) mass is 244 g/mol. The highest BCUT2D eigenvalue weighted by molar-refractivity contribution is 5.28. The molecule has 96 valence electrons. The molecule has 2 N–H and O–H groups in total. The van der Waals surface area contributed by atoms with E-state index in [1.54, 1.807) is 0 Å². The van der Waals surface area contributed by atoms with Crippen LogP contribution in [0.25, 0.3) is 0 Å². The zero-order chi connectivity index (χ0) is 12.4. The number of imidazole rings is 1. The highest BCUT2D eigenvalue weighted by atomic mass is 15.1. The van der Waals surface area contributed by atoms with Crippen LogP contribution in [0.3, 0.4) is 0 Å². The molecule has 18 heavy (non-hydrogen) atoms. The van der Waals surface area contributed by atoms with Gasteiger partial charge in [-0.15, -0.1) is 0 Å². The lowest BCUT2D eigenvalue weighted by Crippen LogP contribution is -2.09. The van der Waals surface area contributed by atoms with Gasteiger partial charge < -0.3 is 14.9 Å². The van der Waals surface area contributed by atoms with Gasteiger partial charge in [0.05, 0.1) is 6.33 Å². The number of aromatic nitrogens is 3. The highest BCUT2D eigenvalue weighted by Gasteiger charge is 2.17. The number of rotatable bonds is 3. The van der Waals surface area contributed by atoms with E-state index in [2.05, 4.69) is 26.5 Å². The summed E-state index contributed by atoms with van der Waals surface area (Å²) in [7, 11) is 0. The van der Waals surface area contributed by atoms with Gasteiger partial charge in [-0.2, -0.15) is 0 Å². The molecule has 0 saturated heterocycles. The van der Waals surface area contributed by atoms with Crippen molar-refractivity contribution in [3.05, 3.63) is 42.2 Å². The van der Waals surface area contributed by atoms with Crippen LogP contribution in [0.15, 0.2) is 31.1 Å². The Kier molecular flexibility index (Phi) is 3.19. The molecule has 2 heterocycles. The average molecular weight is 244 g/mol. The predicted molar refractivity (Wildman–Crippen MR) is 71.1 cm³/mol. The SMILES string of the molecule is NC1CCCCc2cn(CCn3ccnc3)cc21. The van der Waals surface area contributed by atoms with Gasteiger partial charge in [0.1, 0.15) is 0 Å². The lowest BCUT2D eigenvalue weighted by Gasteiger charge is -2.07. The van der Waals surface area contributed by atoms with Gasteiger partial charge in [-0.3, -0.25) is 0 Å². The van der Waals surface area contributed by atoms with E-state index in [0.717, 1.165) is 19.5 Å². The van der Waals surface area contributed by atoms with E-state index >= 15 is 0 Å². The van der Waals surface area contributed by atoms with Gasteiger partial charge in [-0.1, -0.05) is 6.42 Å². The Labute approximate surface area is 107 Å². The molecule has 0 amide bonds. The Hall–Kier alpha value is -1.55. The van der Waals surface area contributed by atoms with Gasteiger partial charge in [0.2, 0.25) is 0 Å². The smallest absolute Gasteiger partial charge is 0.0946 e. The molecule has 1 aliphatic carbocycles. The lowest BCUT2D eigenvalue weighted by atomic mass is 10.1. The Morgan fingerprint density at radius 2 is 2.11 bits per heavy atom. The molecule has 0 saturated carbocycles. The second kappa shape index (κ2) is 4.98. The first-order valence-corrected chi connectivity index (χ1v) is 6.73. The minimum atomic E-state index is 0.233. The van der Waals surface area contributed by atoms with Gasteiger partial charge in [0, 0.05) is 43.9 Å². The Bertz CT molecular complexity index is 498. The third-order valence-corrected chi connectivity index (χ3v) is 3.78. The van der Waals surface area contributed by atoms with Crippen LogP contribution in [0.5, 0.6) is 0 Å². The van der Waals surface area contributed by atoms with E-state index in [9.17, 15) is 0 Å². The first-order valence-electron chi connectivity index (χ1n) is 6.73. The molecular weight excluding hydrogens is 224 g/mol. The molecule has 0 fully saturated rings. The van der Waals surface area contributed by atoms with Crippen molar-refractivity contribution in [2.45, 2.75) is 44.8 Å². The second-order valence-corrected chi connectivity index (χ2v) is 5.13. The van der Waals surface area contributed by atoms with Gasteiger partial charge in [0.25, 0.3) is 0 Å². The molecule has 0 aliphatic heterocycles. The molecule has 0 radical (unpaired) electrons. The molecule has 4 nitrogen and oxygen atoms in total. The Morgan fingerprint density at radius 1 is 1.22 bits per heavy atom. The van der Waals surface area contributed by atoms with Crippen LogP contribution in [0, 0.1) is 0 Å². The normalized spacial score (nSPS) is 19.5. The van der Waals surface area contributed by atoms with Gasteiger partial charge >= 0.3 is 0 Å². The van der Waals surface area contributed by atoms with Crippen LogP contribution in [-0.2, 0) is 19.5 Å². The first kappa shape index (κ1) is 11.5. The third-order valence-electron chi connectivity index (χ3n) is 3.78. The maximum absolute atomic E-state index is 6.22. The van der Waals surface area contributed by atoms with E-state index in [1.807, 2.05) is 18.7 Å². The van der Waals surface area contributed by atoms with Crippen LogP contribution in [-0.4, -0.2) is 14.1 Å². The van der Waals surface area contributed by atoms with Crippen LogP contribution >= 0.6 is 0 Å². The molecule has 2 aromatic heterocycles. The summed E-state index contributed by atoms with van der Waals surface area (Å²) in [5.74, 6) is 0. The molecule has 4 heteroatoms. The molecule has 2 aromatic rings. The fourth-order valence-corrected chi connectivity index (χ4v) is 2.73. The lowest BCUT2D eigenvalue weighted by molar-refractivity contribution is 0.570. The number of aryl methyl sites for hydroxylation is 3. The summed E-state index contributed by atoms with van der Waals surface area (Å²) in [5.41, 5.74) is 9.03. The molecule has 0 bridgehead atoms. The summed E-state index contributed by atoms with van der Waals surface area (Å²) in [6.45, 7) is 1.94. The minimum absolute atomic E-state index is 0.233. The number of fused-ring (bicyclic) bond motifs is 1. The quantitative estimate of drug-likeness (QED) is 0.841. The summed E-state index contributed by atoms with van der Waals surface area (Å²) in [6.07, 6.45) is 15.0. The predicted octanol–water partition coefficient (Wildman–Crippen LogP) is 2.11. The van der Waals surface area contributed by atoms with Crippen molar-refractivity contribution in [2.24, 2.45) is 5.73 Å². The van der Waals surface area contributed by atoms with Crippen LogP contribution in [0.4, 0.5) is 0 Å². The van der Waals surface area contributed by atoms with E-state index < -0.39 is 0 Å². The molecule has 1 aliphatic rings. The van der Waals surface area contributed by atoms with E-state index in [-0.39, 0.29) is 6.04 Å². The summed E-state index contributed by atoms with van der Waals surface area (Å²) in [4.78, 5) is 4.06. The standard InChI is InChI=1S/C14H20N4/c15-14-4-2-1-3-12-9-18(10-13(12)14)8-7-17-6-5-16-11-17/h5-6,9-11,14H,1-4,7-8,15H2. The van der Waals surface area contributed by atoms with Crippen molar-refractivity contribution in [1.29, 1.82) is 0 Å². The first-order chi connectivity index (χ1) is 8.83. The van der Waals surface area contributed by atoms with Crippen LogP contribution in [0.1, 0.15) is 36.4 Å². The number of hydrogen-bond donors (Lipinski definition) is 1. The zero-order valence-electron chi connectivity index (χ0n) is 10.6. The van der Waals surface area contributed by atoms with Crippen molar-refractivity contribution < 1.29 is 0 Å². The maximum atomic E-state index is 6.22. The number of hydrogen-bond acceptors (Lipinski definition) is 2. The summed E-state index contributed by atoms with van der Waals surface area (Å²) in [5, 5.41) is 0. The van der Waals surface area contributed by atoms with Crippen molar-refractivity contribution >= 4 is 0 Å². The second-order valence-electron chi connectivity index (χ2n) is 5.13. The fraction of sp³-hybridized carbons (Fsp3) is 0.500. The van der Waals surface area contributed by atoms with Gasteiger partial charge in [0.15, 0.2) is 0 Å². The van der Waals surface area contributed by atoms with Gasteiger partial charge in [-0.05, 0) is 30.4 Å². The Morgan fingerprint density at radius 3 is 2.94 bits per heavy atom. The molecule has 1 atom stereocenters. The van der Waals surface area contributed by atoms with Crippen LogP contribution < -0.4 is 5.73 Å². The highest BCUT2D eigenvalue weighted by Crippen LogP contribution is 2.27. The van der Waals surface area contributed by atoms with Gasteiger partial charge in [-0.25, -0.2) is 4.98 Å². The number of nitrogens with zero attached hydrogens (tertiary/aromatic N) is 3. The van der Waals surface area contributed by atoms with Crippen molar-refractivity contribution in [3.63, 3.8) is 0 Å². The molecule has 3 rings (SSSR count). The van der Waals surface area contributed by atoms with E-state index in [1.165, 1.54) is 30.4 Å². The van der Waals surface area contributed by atoms with Crippen LogP contribution in [0.2, 0.25) is 0 Å². The van der Waals surface area contributed by atoms with Crippen molar-refractivity contribution in [3.8, 4) is 0 Å². The van der Waals surface area contributed by atoms with Crippen molar-refractivity contribution in [2.75, 3.05) is 0 Å². The average Bonchev–Trinajstić information content (AvgIpc) is 2.98. The summed E-state index contributed by atoms with van der Waals surface area (Å²) >= 11 is 0. The molecule has 0 aromatic carbocycles. The third kappa shape index (κ3) is 2.34. The number of nitrogens with two attached hydrogens (primary N) is 1. The molecule has 1 unspecified atom stereocenters. The molecule has 0 spiro atoms. The van der Waals surface area contributed by atoms with E-state index in [4.69, 9.17) is 5.73 Å². The topological polar surface area (TPSA) is 48.8 Å². The minimum Gasteiger partial charge on any atom is -0.352 e. The van der Waals surface area contributed by atoms with Crippen molar-refractivity contribution in [1.82, 2.24) is 14.1 Å². The Balaban J connectivity index is 1.72. The zero-order valence-corrected chi connectivity index (χ0v) is 10.6. The molecular formula is C14H20N4. The van der Waals surface area contributed by atoms with E-state index in [0.29, 0.717) is 0 Å². The maximum Gasteiger partial charge on any atom is 0.0946 e. The fourth-order valence-electron chi connectivity index (χ4n) is 2.73.